The molecule has 0 aromatic heterocycles. The average molecular weight is 326 g/mol. The highest BCUT2D eigenvalue weighted by Crippen LogP contribution is 2.30. The van der Waals surface area contributed by atoms with Crippen LogP contribution >= 0.6 is 0 Å². The third kappa shape index (κ3) is 3.51. The van der Waals surface area contributed by atoms with Gasteiger partial charge in [-0.2, -0.15) is 0 Å². The quantitative estimate of drug-likeness (QED) is 0.887. The summed E-state index contributed by atoms with van der Waals surface area (Å²) < 4.78 is 10.8. The number of rotatable bonds is 5. The zero-order valence-corrected chi connectivity index (χ0v) is 14.0. The Bertz CT molecular complexity index is 730. The summed E-state index contributed by atoms with van der Waals surface area (Å²) in [6.45, 7) is 3.19. The van der Waals surface area contributed by atoms with Crippen molar-refractivity contribution in [1.29, 1.82) is 0 Å². The Hall–Kier alpha value is -2.53. The number of nitrogens with one attached hydrogen (secondary N) is 2. The van der Waals surface area contributed by atoms with Gasteiger partial charge >= 0.3 is 0 Å². The second-order valence-electron chi connectivity index (χ2n) is 5.69. The van der Waals surface area contributed by atoms with Crippen molar-refractivity contribution in [2.24, 2.45) is 0 Å². The first-order valence-corrected chi connectivity index (χ1v) is 8.13. The molecule has 1 unspecified atom stereocenters. The van der Waals surface area contributed by atoms with Crippen molar-refractivity contribution in [3.63, 3.8) is 0 Å². The van der Waals surface area contributed by atoms with E-state index in [1.54, 1.807) is 13.2 Å². The molecule has 1 heterocycles. The van der Waals surface area contributed by atoms with Gasteiger partial charge in [0.2, 0.25) is 5.91 Å². The summed E-state index contributed by atoms with van der Waals surface area (Å²) in [5, 5.41) is 6.24. The van der Waals surface area contributed by atoms with Crippen LogP contribution in [0.25, 0.3) is 0 Å². The molecule has 24 heavy (non-hydrogen) atoms. The molecule has 0 saturated heterocycles. The highest BCUT2D eigenvalue weighted by atomic mass is 16.5. The number of hydrogen-bond acceptors (Lipinski definition) is 4. The lowest BCUT2D eigenvalue weighted by Crippen LogP contribution is -2.44. The summed E-state index contributed by atoms with van der Waals surface area (Å²) in [6.07, 6.45) is 0.691. The Balaban J connectivity index is 1.69. The molecular weight excluding hydrogens is 304 g/mol. The monoisotopic (exact) mass is 326 g/mol. The molecule has 0 radical (unpaired) electrons. The zero-order valence-electron chi connectivity index (χ0n) is 14.0. The van der Waals surface area contributed by atoms with Crippen LogP contribution in [0.3, 0.4) is 0 Å². The normalized spacial score (nSPS) is 16.2. The minimum absolute atomic E-state index is 0.0456. The topological polar surface area (TPSA) is 59.6 Å². The summed E-state index contributed by atoms with van der Waals surface area (Å²) >= 11 is 0. The van der Waals surface area contributed by atoms with Gasteiger partial charge in [0, 0.05) is 18.3 Å². The van der Waals surface area contributed by atoms with Crippen molar-refractivity contribution in [3.05, 3.63) is 53.6 Å². The Kier molecular flexibility index (Phi) is 5.01. The number of fused-ring (bicyclic) bond motifs is 1. The largest absolute Gasteiger partial charge is 0.493 e. The molecule has 1 amide bonds. The van der Waals surface area contributed by atoms with Crippen LogP contribution < -0.4 is 20.1 Å². The number of anilines is 1. The SMILES string of the molecule is CCOc1ccc(NC(=O)C2Cc3ccccc3CN2)cc1OC. The molecule has 1 atom stereocenters. The zero-order chi connectivity index (χ0) is 16.9. The fourth-order valence-electron chi connectivity index (χ4n) is 2.89. The third-order valence-electron chi connectivity index (χ3n) is 4.13. The first-order chi connectivity index (χ1) is 11.7. The van der Waals surface area contributed by atoms with Gasteiger partial charge in [-0.15, -0.1) is 0 Å². The van der Waals surface area contributed by atoms with Gasteiger partial charge in [0.1, 0.15) is 0 Å². The van der Waals surface area contributed by atoms with Gasteiger partial charge in [0.15, 0.2) is 11.5 Å². The maximum Gasteiger partial charge on any atom is 0.241 e. The van der Waals surface area contributed by atoms with E-state index in [9.17, 15) is 4.79 Å². The van der Waals surface area contributed by atoms with Gasteiger partial charge in [-0.05, 0) is 36.6 Å². The molecule has 0 aliphatic carbocycles. The van der Waals surface area contributed by atoms with Crippen LogP contribution in [0.2, 0.25) is 0 Å². The standard InChI is InChI=1S/C19H22N2O3/c1-3-24-17-9-8-15(11-18(17)23-2)21-19(22)16-10-13-6-4-5-7-14(13)12-20-16/h4-9,11,16,20H,3,10,12H2,1-2H3,(H,21,22). The van der Waals surface area contributed by atoms with Gasteiger partial charge in [0.25, 0.3) is 0 Å². The molecular formula is C19H22N2O3. The number of amides is 1. The second-order valence-corrected chi connectivity index (χ2v) is 5.69. The number of carbonyl (C=O) groups excluding carboxylic acids is 1. The fourth-order valence-corrected chi connectivity index (χ4v) is 2.89. The maximum atomic E-state index is 12.5. The minimum Gasteiger partial charge on any atom is -0.493 e. The Morgan fingerprint density at radius 3 is 2.75 bits per heavy atom. The predicted octanol–water partition coefficient (Wildman–Crippen LogP) is 2.75. The van der Waals surface area contributed by atoms with Gasteiger partial charge < -0.3 is 20.1 Å². The lowest BCUT2D eigenvalue weighted by Gasteiger charge is -2.25. The third-order valence-corrected chi connectivity index (χ3v) is 4.13. The van der Waals surface area contributed by atoms with E-state index in [4.69, 9.17) is 9.47 Å². The molecule has 3 rings (SSSR count). The summed E-state index contributed by atoms with van der Waals surface area (Å²) in [6, 6.07) is 13.4. The lowest BCUT2D eigenvalue weighted by atomic mass is 9.95. The van der Waals surface area contributed by atoms with Gasteiger partial charge in [-0.3, -0.25) is 4.79 Å². The van der Waals surface area contributed by atoms with Crippen molar-refractivity contribution in [3.8, 4) is 11.5 Å². The Morgan fingerprint density at radius 1 is 1.21 bits per heavy atom. The van der Waals surface area contributed by atoms with E-state index >= 15 is 0 Å². The van der Waals surface area contributed by atoms with Crippen LogP contribution in [-0.4, -0.2) is 25.7 Å². The van der Waals surface area contributed by atoms with Gasteiger partial charge in [-0.25, -0.2) is 0 Å². The molecule has 0 fully saturated rings. The molecule has 2 N–H and O–H groups in total. The second kappa shape index (κ2) is 7.36. The van der Waals surface area contributed by atoms with Crippen LogP contribution in [0.4, 0.5) is 5.69 Å². The van der Waals surface area contributed by atoms with Crippen LogP contribution in [0, 0.1) is 0 Å². The molecule has 0 saturated carbocycles. The average Bonchev–Trinajstić information content (AvgIpc) is 2.62. The van der Waals surface area contributed by atoms with E-state index in [2.05, 4.69) is 22.8 Å². The van der Waals surface area contributed by atoms with Crippen LogP contribution in [-0.2, 0) is 17.8 Å². The van der Waals surface area contributed by atoms with Crippen LogP contribution in [0.1, 0.15) is 18.1 Å². The van der Waals surface area contributed by atoms with E-state index in [1.807, 2.05) is 31.2 Å². The van der Waals surface area contributed by atoms with Gasteiger partial charge in [-0.1, -0.05) is 24.3 Å². The number of methoxy groups -OCH3 is 1. The summed E-state index contributed by atoms with van der Waals surface area (Å²) in [5.74, 6) is 1.23. The number of hydrogen-bond donors (Lipinski definition) is 2. The molecule has 5 heteroatoms. The molecule has 1 aliphatic heterocycles. The number of benzene rings is 2. The molecule has 2 aromatic rings. The van der Waals surface area contributed by atoms with Gasteiger partial charge in [0.05, 0.1) is 19.8 Å². The number of ether oxygens (including phenoxy) is 2. The van der Waals surface area contributed by atoms with E-state index in [-0.39, 0.29) is 11.9 Å². The van der Waals surface area contributed by atoms with E-state index in [0.717, 1.165) is 0 Å². The first kappa shape index (κ1) is 16.3. The highest BCUT2D eigenvalue weighted by Gasteiger charge is 2.24. The molecule has 126 valence electrons. The lowest BCUT2D eigenvalue weighted by molar-refractivity contribution is -0.118. The summed E-state index contributed by atoms with van der Waals surface area (Å²) in [7, 11) is 1.59. The molecule has 1 aliphatic rings. The van der Waals surface area contributed by atoms with Crippen molar-refractivity contribution in [1.82, 2.24) is 5.32 Å². The smallest absolute Gasteiger partial charge is 0.241 e. The summed E-state index contributed by atoms with van der Waals surface area (Å²) in [4.78, 5) is 12.5. The predicted molar refractivity (Wildman–Crippen MR) is 93.6 cm³/mol. The van der Waals surface area contributed by atoms with Crippen molar-refractivity contribution < 1.29 is 14.3 Å². The van der Waals surface area contributed by atoms with Crippen molar-refractivity contribution in [2.75, 3.05) is 19.0 Å². The van der Waals surface area contributed by atoms with E-state index < -0.39 is 0 Å². The Morgan fingerprint density at radius 2 is 2.00 bits per heavy atom. The molecule has 5 nitrogen and oxygen atoms in total. The number of carbonyl (C=O) groups is 1. The van der Waals surface area contributed by atoms with E-state index in [0.29, 0.717) is 36.8 Å². The van der Waals surface area contributed by atoms with E-state index in [1.165, 1.54) is 11.1 Å². The molecule has 0 spiro atoms. The maximum absolute atomic E-state index is 12.5. The Labute approximate surface area is 142 Å². The first-order valence-electron chi connectivity index (χ1n) is 8.13. The molecule has 0 bridgehead atoms. The van der Waals surface area contributed by atoms with Crippen molar-refractivity contribution in [2.45, 2.75) is 25.9 Å². The van der Waals surface area contributed by atoms with Crippen LogP contribution in [0.5, 0.6) is 11.5 Å². The fraction of sp³-hybridized carbons (Fsp3) is 0.316. The van der Waals surface area contributed by atoms with Crippen molar-refractivity contribution >= 4 is 11.6 Å². The van der Waals surface area contributed by atoms with Crippen LogP contribution in [0.15, 0.2) is 42.5 Å². The summed E-state index contributed by atoms with van der Waals surface area (Å²) in [5.41, 5.74) is 3.17. The minimum atomic E-state index is -0.238. The highest BCUT2D eigenvalue weighted by molar-refractivity contribution is 5.95. The molecule has 2 aromatic carbocycles.